The van der Waals surface area contributed by atoms with Crippen molar-refractivity contribution in [2.24, 2.45) is 16.6 Å². The highest BCUT2D eigenvalue weighted by atomic mass is 16.5. The zero-order valence-corrected chi connectivity index (χ0v) is 24.5. The molecule has 216 valence electrons. The molecular weight excluding hydrogens is 510 g/mol. The third-order valence-corrected chi connectivity index (χ3v) is 8.23. The van der Waals surface area contributed by atoms with Gasteiger partial charge in [0.15, 0.2) is 0 Å². The summed E-state index contributed by atoms with van der Waals surface area (Å²) < 4.78 is 11.6. The Labute approximate surface area is 244 Å². The van der Waals surface area contributed by atoms with Gasteiger partial charge in [0.05, 0.1) is 24.2 Å². The summed E-state index contributed by atoms with van der Waals surface area (Å²) in [6, 6.07) is 22.0. The van der Waals surface area contributed by atoms with E-state index in [1.807, 2.05) is 67.6 Å². The van der Waals surface area contributed by atoms with Gasteiger partial charge >= 0.3 is 0 Å². The monoisotopic (exact) mass is 553 g/mol. The molecule has 0 atom stereocenters. The molecule has 41 heavy (non-hydrogen) atoms. The van der Waals surface area contributed by atoms with E-state index in [1.54, 1.807) is 7.11 Å². The van der Waals surface area contributed by atoms with Gasteiger partial charge in [-0.15, -0.1) is 0 Å². The molecule has 0 aromatic heterocycles. The second-order valence-corrected chi connectivity index (χ2v) is 11.5. The van der Waals surface area contributed by atoms with Gasteiger partial charge in [-0.2, -0.15) is 0 Å². The number of aryl methyl sites for hydroxylation is 2. The first-order valence-electron chi connectivity index (χ1n) is 15.1. The van der Waals surface area contributed by atoms with Crippen LogP contribution in [-0.2, 0) is 6.42 Å². The number of hydrogen-bond acceptors (Lipinski definition) is 4. The predicted molar refractivity (Wildman–Crippen MR) is 166 cm³/mol. The average molecular weight is 554 g/mol. The fourth-order valence-corrected chi connectivity index (χ4v) is 5.73. The lowest BCUT2D eigenvalue weighted by atomic mass is 9.93. The number of hydrogen-bond donors (Lipinski definition) is 1. The third-order valence-electron chi connectivity index (χ3n) is 8.23. The van der Waals surface area contributed by atoms with Crippen LogP contribution < -0.4 is 15.2 Å². The predicted octanol–water partition coefficient (Wildman–Crippen LogP) is 7.99. The van der Waals surface area contributed by atoms with E-state index in [1.165, 1.54) is 32.1 Å². The number of benzene rings is 3. The standard InChI is InChI=1S/C35H43N3O3/c1-25-22-30(41-29-13-7-4-8-14-29)19-20-32(25)37-34(36)15-9-10-26-18-21-33(40-2)31(23-26)35(39)38(24-27-16-17-27)28-11-5-3-6-12-28/h4,7-8,13-14,18-23,27-28H,3,5-6,9-12,15-17,24H2,1-2H3,(H2,36,37). The number of carbonyl (C=O) groups is 1. The van der Waals surface area contributed by atoms with Crippen LogP contribution in [0.3, 0.4) is 0 Å². The Morgan fingerprint density at radius 1 is 0.951 bits per heavy atom. The minimum absolute atomic E-state index is 0.124. The molecule has 6 heteroatoms. The maximum absolute atomic E-state index is 13.9. The van der Waals surface area contributed by atoms with Crippen molar-refractivity contribution in [1.82, 2.24) is 4.90 Å². The lowest BCUT2D eigenvalue weighted by molar-refractivity contribution is 0.0618. The molecule has 0 heterocycles. The van der Waals surface area contributed by atoms with Crippen LogP contribution in [0.2, 0.25) is 0 Å². The maximum atomic E-state index is 13.9. The van der Waals surface area contributed by atoms with Gasteiger partial charge in [-0.25, -0.2) is 4.99 Å². The Balaban J connectivity index is 1.21. The van der Waals surface area contributed by atoms with Crippen molar-refractivity contribution in [2.45, 2.75) is 77.2 Å². The van der Waals surface area contributed by atoms with Crippen molar-refractivity contribution in [2.75, 3.05) is 13.7 Å². The highest BCUT2D eigenvalue weighted by Gasteiger charge is 2.33. The topological polar surface area (TPSA) is 77.1 Å². The molecule has 2 aliphatic rings. The van der Waals surface area contributed by atoms with Crippen molar-refractivity contribution in [1.29, 1.82) is 0 Å². The summed E-state index contributed by atoms with van der Waals surface area (Å²) in [7, 11) is 1.65. The largest absolute Gasteiger partial charge is 0.496 e. The quantitative estimate of drug-likeness (QED) is 0.182. The number of carbonyl (C=O) groups excluding carboxylic acids is 1. The number of nitrogens with zero attached hydrogens (tertiary/aromatic N) is 2. The summed E-state index contributed by atoms with van der Waals surface area (Å²) in [6.45, 7) is 2.89. The molecule has 0 unspecified atom stereocenters. The normalized spacial score (nSPS) is 15.9. The minimum atomic E-state index is 0.124. The van der Waals surface area contributed by atoms with E-state index >= 15 is 0 Å². The number of aliphatic imine (C=N–C) groups is 1. The van der Waals surface area contributed by atoms with Crippen LogP contribution >= 0.6 is 0 Å². The zero-order valence-electron chi connectivity index (χ0n) is 24.5. The highest BCUT2D eigenvalue weighted by molar-refractivity contribution is 5.97. The van der Waals surface area contributed by atoms with Crippen LogP contribution in [0.25, 0.3) is 0 Å². The molecule has 2 saturated carbocycles. The molecule has 0 aliphatic heterocycles. The highest BCUT2D eigenvalue weighted by Crippen LogP contribution is 2.35. The van der Waals surface area contributed by atoms with E-state index in [2.05, 4.69) is 16.0 Å². The van der Waals surface area contributed by atoms with Crippen LogP contribution in [0.1, 0.15) is 79.3 Å². The Bertz CT molecular complexity index is 1340. The first-order valence-corrected chi connectivity index (χ1v) is 15.1. The lowest BCUT2D eigenvalue weighted by Crippen LogP contribution is -2.42. The summed E-state index contributed by atoms with van der Waals surface area (Å²) in [4.78, 5) is 20.7. The number of para-hydroxylation sites is 1. The van der Waals surface area contributed by atoms with Gasteiger partial charge in [-0.3, -0.25) is 4.79 Å². The van der Waals surface area contributed by atoms with Crippen molar-refractivity contribution in [3.8, 4) is 17.2 Å². The molecular formula is C35H43N3O3. The summed E-state index contributed by atoms with van der Waals surface area (Å²) in [5, 5.41) is 0. The average Bonchev–Trinajstić information content (AvgIpc) is 3.82. The fraction of sp³-hybridized carbons (Fsp3) is 0.429. The zero-order chi connectivity index (χ0) is 28.6. The molecule has 3 aromatic carbocycles. The number of methoxy groups -OCH3 is 1. The van der Waals surface area contributed by atoms with E-state index < -0.39 is 0 Å². The van der Waals surface area contributed by atoms with Crippen molar-refractivity contribution in [3.05, 3.63) is 83.4 Å². The van der Waals surface area contributed by atoms with Gasteiger partial charge in [0.25, 0.3) is 5.91 Å². The summed E-state index contributed by atoms with van der Waals surface area (Å²) in [6.07, 6.45) is 10.7. The number of nitrogens with two attached hydrogens (primary N) is 1. The van der Waals surface area contributed by atoms with Crippen LogP contribution in [0.4, 0.5) is 5.69 Å². The van der Waals surface area contributed by atoms with Crippen molar-refractivity contribution in [3.63, 3.8) is 0 Å². The molecule has 0 bridgehead atoms. The maximum Gasteiger partial charge on any atom is 0.257 e. The Morgan fingerprint density at radius 3 is 2.44 bits per heavy atom. The van der Waals surface area contributed by atoms with Crippen LogP contribution in [0.5, 0.6) is 17.2 Å². The number of ether oxygens (including phenoxy) is 2. The minimum Gasteiger partial charge on any atom is -0.496 e. The molecule has 0 radical (unpaired) electrons. The number of rotatable bonds is 12. The Morgan fingerprint density at radius 2 is 1.73 bits per heavy atom. The Kier molecular flexibility index (Phi) is 9.60. The summed E-state index contributed by atoms with van der Waals surface area (Å²) >= 11 is 0. The first kappa shape index (κ1) is 28.7. The molecule has 2 aliphatic carbocycles. The second-order valence-electron chi connectivity index (χ2n) is 11.5. The summed E-state index contributed by atoms with van der Waals surface area (Å²) in [5.74, 6) is 3.62. The Hall–Kier alpha value is -3.80. The van der Waals surface area contributed by atoms with Gasteiger partial charge in [0.1, 0.15) is 17.2 Å². The molecule has 6 nitrogen and oxygen atoms in total. The van der Waals surface area contributed by atoms with E-state index in [4.69, 9.17) is 15.2 Å². The second kappa shape index (κ2) is 13.7. The van der Waals surface area contributed by atoms with Crippen LogP contribution in [0.15, 0.2) is 71.7 Å². The van der Waals surface area contributed by atoms with Gasteiger partial charge in [-0.05, 0) is 105 Å². The first-order chi connectivity index (χ1) is 20.0. The SMILES string of the molecule is COc1ccc(CCCC(N)=Nc2ccc(Oc3ccccc3)cc2C)cc1C(=O)N(CC1CC1)C1CCCCC1. The van der Waals surface area contributed by atoms with Crippen LogP contribution in [0, 0.1) is 12.8 Å². The van der Waals surface area contributed by atoms with Gasteiger partial charge in [-0.1, -0.05) is 43.5 Å². The number of amidine groups is 1. The third kappa shape index (κ3) is 7.90. The molecule has 5 rings (SSSR count). The molecule has 2 N–H and O–H groups in total. The molecule has 1 amide bonds. The molecule has 2 fully saturated rings. The fourth-order valence-electron chi connectivity index (χ4n) is 5.73. The van der Waals surface area contributed by atoms with E-state index in [9.17, 15) is 4.79 Å². The van der Waals surface area contributed by atoms with E-state index in [0.717, 1.165) is 60.5 Å². The van der Waals surface area contributed by atoms with Crippen molar-refractivity contribution < 1.29 is 14.3 Å². The number of amides is 1. The van der Waals surface area contributed by atoms with E-state index in [0.29, 0.717) is 35.5 Å². The molecule has 3 aromatic rings. The van der Waals surface area contributed by atoms with Gasteiger partial charge in [0.2, 0.25) is 0 Å². The lowest BCUT2D eigenvalue weighted by Gasteiger charge is -2.35. The van der Waals surface area contributed by atoms with Gasteiger partial charge < -0.3 is 20.1 Å². The summed E-state index contributed by atoms with van der Waals surface area (Å²) in [5.41, 5.74) is 10.00. The molecule has 0 spiro atoms. The smallest absolute Gasteiger partial charge is 0.257 e. The molecule has 0 saturated heterocycles. The van der Waals surface area contributed by atoms with E-state index in [-0.39, 0.29) is 5.91 Å². The van der Waals surface area contributed by atoms with Crippen molar-refractivity contribution >= 4 is 17.4 Å². The van der Waals surface area contributed by atoms with Crippen LogP contribution in [-0.4, -0.2) is 36.3 Å². The van der Waals surface area contributed by atoms with Gasteiger partial charge in [0, 0.05) is 19.0 Å².